The summed E-state index contributed by atoms with van der Waals surface area (Å²) in [6.07, 6.45) is 0. The molecule has 0 bridgehead atoms. The predicted octanol–water partition coefficient (Wildman–Crippen LogP) is 2.79. The molecule has 16 heavy (non-hydrogen) atoms. The van der Waals surface area contributed by atoms with E-state index < -0.39 is 8.07 Å². The third-order valence-corrected chi connectivity index (χ3v) is 2.60. The summed E-state index contributed by atoms with van der Waals surface area (Å²) >= 11 is 0. The Labute approximate surface area is 98.1 Å². The van der Waals surface area contributed by atoms with E-state index in [-0.39, 0.29) is 0 Å². The van der Waals surface area contributed by atoms with Crippen molar-refractivity contribution in [3.05, 3.63) is 35.4 Å². The fourth-order valence-corrected chi connectivity index (χ4v) is 1.39. The Morgan fingerprint density at radius 2 is 1.50 bits per heavy atom. The Morgan fingerprint density at radius 3 is 2.00 bits per heavy atom. The van der Waals surface area contributed by atoms with Gasteiger partial charge in [0.25, 0.3) is 0 Å². The number of nitrogens with zero attached hydrogens (tertiary/aromatic N) is 1. The fraction of sp³-hybridized carbons (Fsp3) is 0.214. The van der Waals surface area contributed by atoms with Gasteiger partial charge in [0, 0.05) is 5.56 Å². The van der Waals surface area contributed by atoms with Crippen molar-refractivity contribution in [1.82, 2.24) is 0 Å². The third-order valence-electron chi connectivity index (χ3n) is 1.72. The van der Waals surface area contributed by atoms with Crippen molar-refractivity contribution >= 4 is 8.07 Å². The smallest absolute Gasteiger partial charge is 0.130 e. The van der Waals surface area contributed by atoms with Crippen molar-refractivity contribution in [3.63, 3.8) is 0 Å². The molecule has 1 aromatic rings. The van der Waals surface area contributed by atoms with Gasteiger partial charge in [-0.25, -0.2) is 0 Å². The second-order valence-electron chi connectivity index (χ2n) is 4.44. The average molecular weight is 223 g/mol. The number of rotatable bonds is 0. The van der Waals surface area contributed by atoms with E-state index in [0.717, 1.165) is 5.56 Å². The molecule has 1 nitrogen and oxygen atoms in total. The van der Waals surface area contributed by atoms with Crippen LogP contribution in [0.5, 0.6) is 0 Å². The summed E-state index contributed by atoms with van der Waals surface area (Å²) < 4.78 is 0. The molecule has 78 valence electrons. The molecule has 0 aliphatic rings. The Morgan fingerprint density at radius 1 is 0.938 bits per heavy atom. The van der Waals surface area contributed by atoms with E-state index in [1.807, 2.05) is 12.1 Å². The van der Waals surface area contributed by atoms with Gasteiger partial charge >= 0.3 is 0 Å². The van der Waals surface area contributed by atoms with Crippen LogP contribution in [0.15, 0.2) is 24.3 Å². The van der Waals surface area contributed by atoms with Crippen LogP contribution in [-0.4, -0.2) is 8.07 Å². The minimum absolute atomic E-state index is 0.652. The van der Waals surface area contributed by atoms with Crippen LogP contribution in [0.25, 0.3) is 0 Å². The van der Waals surface area contributed by atoms with E-state index in [9.17, 15) is 0 Å². The first kappa shape index (κ1) is 12.1. The summed E-state index contributed by atoms with van der Waals surface area (Å²) in [5.41, 5.74) is 4.72. The molecule has 0 aliphatic carbocycles. The number of benzene rings is 1. The van der Waals surface area contributed by atoms with Gasteiger partial charge in [-0.3, -0.25) is 0 Å². The molecule has 2 heteroatoms. The molecule has 0 aliphatic heterocycles. The molecule has 0 spiro atoms. The highest BCUT2D eigenvalue weighted by Crippen LogP contribution is 2.01. The molecule has 0 radical (unpaired) electrons. The van der Waals surface area contributed by atoms with Gasteiger partial charge in [0.05, 0.1) is 11.6 Å². The number of hydrogen-bond acceptors (Lipinski definition) is 1. The molecular weight excluding hydrogens is 210 g/mol. The molecule has 1 aromatic carbocycles. The van der Waals surface area contributed by atoms with Crippen LogP contribution in [0.4, 0.5) is 0 Å². The van der Waals surface area contributed by atoms with Crippen LogP contribution in [0.1, 0.15) is 11.1 Å². The van der Waals surface area contributed by atoms with Crippen LogP contribution in [0.3, 0.4) is 0 Å². The van der Waals surface area contributed by atoms with E-state index in [1.165, 1.54) is 0 Å². The van der Waals surface area contributed by atoms with E-state index >= 15 is 0 Å². The molecule has 0 heterocycles. The lowest BCUT2D eigenvalue weighted by atomic mass is 10.1. The molecule has 0 fully saturated rings. The Hall–Kier alpha value is -1.95. The topological polar surface area (TPSA) is 23.8 Å². The molecule has 0 atom stereocenters. The van der Waals surface area contributed by atoms with Crippen LogP contribution in [0.2, 0.25) is 19.6 Å². The van der Waals surface area contributed by atoms with Crippen LogP contribution in [0, 0.1) is 34.6 Å². The van der Waals surface area contributed by atoms with Crippen molar-refractivity contribution in [1.29, 1.82) is 5.26 Å². The van der Waals surface area contributed by atoms with Crippen molar-refractivity contribution in [3.8, 4) is 29.4 Å². The van der Waals surface area contributed by atoms with Gasteiger partial charge in [-0.05, 0) is 36.1 Å². The van der Waals surface area contributed by atoms with Gasteiger partial charge in [-0.1, -0.05) is 25.6 Å². The van der Waals surface area contributed by atoms with Gasteiger partial charge in [0.1, 0.15) is 8.07 Å². The third kappa shape index (κ3) is 4.51. The highest BCUT2D eigenvalue weighted by Gasteiger charge is 2.06. The lowest BCUT2D eigenvalue weighted by Crippen LogP contribution is -2.16. The van der Waals surface area contributed by atoms with Gasteiger partial charge in [0.15, 0.2) is 0 Å². The lowest BCUT2D eigenvalue weighted by molar-refractivity contribution is 1.48. The summed E-state index contributed by atoms with van der Waals surface area (Å²) in [5, 5.41) is 8.63. The molecule has 0 aromatic heterocycles. The Kier molecular flexibility index (Phi) is 3.95. The second-order valence-corrected chi connectivity index (χ2v) is 9.19. The monoisotopic (exact) mass is 223 g/mol. The van der Waals surface area contributed by atoms with Gasteiger partial charge < -0.3 is 0 Å². The molecule has 0 unspecified atom stereocenters. The molecule has 0 amide bonds. The Balaban J connectivity index is 2.78. The maximum atomic E-state index is 8.63. The molecule has 1 rings (SSSR count). The van der Waals surface area contributed by atoms with Crippen molar-refractivity contribution in [2.45, 2.75) is 19.6 Å². The SMILES string of the molecule is C[Si](C)(C)C#CC#Cc1ccc(C#N)cc1. The standard InChI is InChI=1S/C14H13NSi/c1-16(2,3)11-5-4-6-13-7-9-14(12-15)10-8-13/h7-10H,1-3H3. The molecule has 0 saturated heterocycles. The summed E-state index contributed by atoms with van der Waals surface area (Å²) in [7, 11) is -1.32. The highest BCUT2D eigenvalue weighted by atomic mass is 28.3. The zero-order valence-corrected chi connectivity index (χ0v) is 10.8. The molecule has 0 saturated carbocycles. The van der Waals surface area contributed by atoms with Crippen LogP contribution in [-0.2, 0) is 0 Å². The molecular formula is C14H13NSi. The fourth-order valence-electron chi connectivity index (χ4n) is 0.950. The average Bonchev–Trinajstić information content (AvgIpc) is 2.24. The van der Waals surface area contributed by atoms with E-state index in [1.54, 1.807) is 12.1 Å². The quantitative estimate of drug-likeness (QED) is 0.490. The summed E-state index contributed by atoms with van der Waals surface area (Å²) in [5.74, 6) is 8.68. The Bertz CT molecular complexity index is 519. The van der Waals surface area contributed by atoms with Gasteiger partial charge in [-0.15, -0.1) is 5.54 Å². The first-order chi connectivity index (χ1) is 7.51. The summed E-state index contributed by atoms with van der Waals surface area (Å²) in [6, 6.07) is 9.26. The van der Waals surface area contributed by atoms with E-state index in [0.29, 0.717) is 5.56 Å². The highest BCUT2D eigenvalue weighted by molar-refractivity contribution is 6.83. The van der Waals surface area contributed by atoms with Gasteiger partial charge in [0.2, 0.25) is 0 Å². The second kappa shape index (κ2) is 5.22. The summed E-state index contributed by atoms with van der Waals surface area (Å²) in [4.78, 5) is 0. The summed E-state index contributed by atoms with van der Waals surface area (Å²) in [6.45, 7) is 6.55. The van der Waals surface area contributed by atoms with Crippen LogP contribution >= 0.6 is 0 Å². The molecule has 0 N–H and O–H groups in total. The van der Waals surface area contributed by atoms with E-state index in [4.69, 9.17) is 5.26 Å². The van der Waals surface area contributed by atoms with Crippen molar-refractivity contribution in [2.75, 3.05) is 0 Å². The first-order valence-corrected chi connectivity index (χ1v) is 8.54. The lowest BCUT2D eigenvalue weighted by Gasteiger charge is -2.01. The van der Waals surface area contributed by atoms with Crippen molar-refractivity contribution < 1.29 is 0 Å². The zero-order valence-electron chi connectivity index (χ0n) is 9.76. The predicted molar refractivity (Wildman–Crippen MR) is 69.2 cm³/mol. The number of hydrogen-bond donors (Lipinski definition) is 0. The maximum absolute atomic E-state index is 8.63. The maximum Gasteiger partial charge on any atom is 0.130 e. The largest absolute Gasteiger partial charge is 0.192 e. The minimum Gasteiger partial charge on any atom is -0.192 e. The zero-order chi connectivity index (χ0) is 12.0. The number of nitriles is 1. The van der Waals surface area contributed by atoms with Crippen molar-refractivity contribution in [2.24, 2.45) is 0 Å². The minimum atomic E-state index is -1.32. The first-order valence-electron chi connectivity index (χ1n) is 5.04. The van der Waals surface area contributed by atoms with Gasteiger partial charge in [-0.2, -0.15) is 5.26 Å². The van der Waals surface area contributed by atoms with E-state index in [2.05, 4.69) is 49.0 Å². The normalized spacial score (nSPS) is 9.12. The van der Waals surface area contributed by atoms with Crippen LogP contribution < -0.4 is 0 Å².